The highest BCUT2D eigenvalue weighted by molar-refractivity contribution is 7.90. The molecule has 0 unspecified atom stereocenters. The third-order valence-electron chi connectivity index (χ3n) is 2.37. The molecule has 0 fully saturated rings. The standard InChI is InChI=1S/C10H18N4O4S2/c1-3-12-9-5-4-6-13-10(9)20(17,18)14-7-8-19(15,16)11-2/h4-6,11-12,14H,3,7-8H2,1-2H3. The first-order chi connectivity index (χ1) is 9.32. The highest BCUT2D eigenvalue weighted by Crippen LogP contribution is 2.17. The number of hydrogen-bond donors (Lipinski definition) is 3. The molecule has 0 atom stereocenters. The van der Waals surface area contributed by atoms with Crippen LogP contribution in [0.2, 0.25) is 0 Å². The van der Waals surface area contributed by atoms with E-state index in [0.29, 0.717) is 12.2 Å². The molecule has 0 bridgehead atoms. The van der Waals surface area contributed by atoms with Crippen molar-refractivity contribution in [1.29, 1.82) is 0 Å². The van der Waals surface area contributed by atoms with Crippen LogP contribution in [0.4, 0.5) is 5.69 Å². The Balaban J connectivity index is 2.84. The van der Waals surface area contributed by atoms with E-state index in [4.69, 9.17) is 0 Å². The van der Waals surface area contributed by atoms with Gasteiger partial charge >= 0.3 is 0 Å². The van der Waals surface area contributed by atoms with Gasteiger partial charge in [-0.1, -0.05) is 0 Å². The molecule has 20 heavy (non-hydrogen) atoms. The topological polar surface area (TPSA) is 117 Å². The van der Waals surface area contributed by atoms with E-state index in [1.165, 1.54) is 13.2 Å². The van der Waals surface area contributed by atoms with Gasteiger partial charge in [0.05, 0.1) is 11.4 Å². The van der Waals surface area contributed by atoms with Gasteiger partial charge in [-0.3, -0.25) is 0 Å². The Morgan fingerprint density at radius 2 is 1.95 bits per heavy atom. The second-order valence-corrected chi connectivity index (χ2v) is 7.54. The van der Waals surface area contributed by atoms with Crippen LogP contribution in [0.5, 0.6) is 0 Å². The lowest BCUT2D eigenvalue weighted by Gasteiger charge is -2.11. The van der Waals surface area contributed by atoms with E-state index in [1.54, 1.807) is 12.1 Å². The van der Waals surface area contributed by atoms with Crippen molar-refractivity contribution < 1.29 is 16.8 Å². The van der Waals surface area contributed by atoms with Crippen LogP contribution in [0.25, 0.3) is 0 Å². The SMILES string of the molecule is CCNc1cccnc1S(=O)(=O)NCCS(=O)(=O)NC. The van der Waals surface area contributed by atoms with Crippen molar-refractivity contribution in [2.24, 2.45) is 0 Å². The Morgan fingerprint density at radius 3 is 2.55 bits per heavy atom. The largest absolute Gasteiger partial charge is 0.383 e. The number of pyridine rings is 1. The molecular formula is C10H18N4O4S2. The average molecular weight is 322 g/mol. The smallest absolute Gasteiger partial charge is 0.260 e. The fraction of sp³-hybridized carbons (Fsp3) is 0.500. The number of hydrogen-bond acceptors (Lipinski definition) is 6. The highest BCUT2D eigenvalue weighted by atomic mass is 32.2. The van der Waals surface area contributed by atoms with E-state index in [1.807, 2.05) is 6.92 Å². The van der Waals surface area contributed by atoms with Gasteiger partial charge in [0.2, 0.25) is 10.0 Å². The van der Waals surface area contributed by atoms with Crippen LogP contribution >= 0.6 is 0 Å². The van der Waals surface area contributed by atoms with E-state index in [9.17, 15) is 16.8 Å². The maximum Gasteiger partial charge on any atom is 0.260 e. The van der Waals surface area contributed by atoms with Gasteiger partial charge in [-0.15, -0.1) is 0 Å². The first-order valence-electron chi connectivity index (χ1n) is 5.92. The summed E-state index contributed by atoms with van der Waals surface area (Å²) in [6.45, 7) is 2.15. The first-order valence-corrected chi connectivity index (χ1v) is 9.05. The molecule has 0 amide bonds. The van der Waals surface area contributed by atoms with Gasteiger partial charge in [0.25, 0.3) is 10.0 Å². The molecule has 0 aliphatic carbocycles. The molecule has 1 rings (SSSR count). The summed E-state index contributed by atoms with van der Waals surface area (Å²) in [5.74, 6) is -0.341. The van der Waals surface area contributed by atoms with Gasteiger partial charge in [0.1, 0.15) is 0 Å². The second-order valence-electron chi connectivity index (χ2n) is 3.81. The van der Waals surface area contributed by atoms with Crippen LogP contribution in [0.3, 0.4) is 0 Å². The summed E-state index contributed by atoms with van der Waals surface area (Å²) < 4.78 is 50.9. The van der Waals surface area contributed by atoms with Crippen molar-refractivity contribution in [3.63, 3.8) is 0 Å². The Morgan fingerprint density at radius 1 is 1.25 bits per heavy atom. The van der Waals surface area contributed by atoms with Gasteiger partial charge in [-0.2, -0.15) is 0 Å². The summed E-state index contributed by atoms with van der Waals surface area (Å²) in [6, 6.07) is 3.21. The molecule has 0 saturated carbocycles. The number of sulfonamides is 2. The second kappa shape index (κ2) is 6.97. The number of anilines is 1. The molecule has 3 N–H and O–H groups in total. The zero-order chi connectivity index (χ0) is 15.2. The zero-order valence-corrected chi connectivity index (χ0v) is 12.9. The lowest BCUT2D eigenvalue weighted by atomic mass is 10.4. The lowest BCUT2D eigenvalue weighted by molar-refractivity contribution is 0.576. The summed E-state index contributed by atoms with van der Waals surface area (Å²) in [6.07, 6.45) is 1.36. The predicted octanol–water partition coefficient (Wildman–Crippen LogP) is -0.659. The van der Waals surface area contributed by atoms with E-state index < -0.39 is 20.0 Å². The van der Waals surface area contributed by atoms with E-state index >= 15 is 0 Å². The Labute approximate surface area is 119 Å². The molecule has 0 radical (unpaired) electrons. The lowest BCUT2D eigenvalue weighted by Crippen LogP contribution is -2.33. The summed E-state index contributed by atoms with van der Waals surface area (Å²) in [5, 5.41) is 2.74. The summed E-state index contributed by atoms with van der Waals surface area (Å²) >= 11 is 0. The molecule has 0 spiro atoms. The van der Waals surface area contributed by atoms with Gasteiger partial charge in [0, 0.05) is 19.3 Å². The van der Waals surface area contributed by atoms with Crippen molar-refractivity contribution in [2.45, 2.75) is 11.9 Å². The normalized spacial score (nSPS) is 12.3. The monoisotopic (exact) mass is 322 g/mol. The van der Waals surface area contributed by atoms with Crippen molar-refractivity contribution in [3.8, 4) is 0 Å². The van der Waals surface area contributed by atoms with Crippen LogP contribution < -0.4 is 14.8 Å². The minimum atomic E-state index is -3.86. The Bertz CT molecular complexity index is 643. The minimum Gasteiger partial charge on any atom is -0.383 e. The predicted molar refractivity (Wildman–Crippen MR) is 76.4 cm³/mol. The van der Waals surface area contributed by atoms with Crippen molar-refractivity contribution in [2.75, 3.05) is 31.2 Å². The van der Waals surface area contributed by atoms with Crippen LogP contribution in [0, 0.1) is 0 Å². The molecular weight excluding hydrogens is 304 g/mol. The zero-order valence-electron chi connectivity index (χ0n) is 11.3. The van der Waals surface area contributed by atoms with Crippen molar-refractivity contribution in [3.05, 3.63) is 18.3 Å². The fourth-order valence-corrected chi connectivity index (χ4v) is 3.25. The number of nitrogens with zero attached hydrogens (tertiary/aromatic N) is 1. The van der Waals surface area contributed by atoms with E-state index in [0.717, 1.165) is 0 Å². The molecule has 1 aromatic rings. The van der Waals surface area contributed by atoms with Crippen LogP contribution in [-0.4, -0.2) is 47.7 Å². The fourth-order valence-electron chi connectivity index (χ4n) is 1.41. The molecule has 8 nitrogen and oxygen atoms in total. The van der Waals surface area contributed by atoms with Crippen molar-refractivity contribution in [1.82, 2.24) is 14.4 Å². The average Bonchev–Trinajstić information content (AvgIpc) is 2.39. The van der Waals surface area contributed by atoms with Gasteiger partial charge < -0.3 is 5.32 Å². The maximum atomic E-state index is 12.1. The molecule has 0 aromatic carbocycles. The highest BCUT2D eigenvalue weighted by Gasteiger charge is 2.20. The van der Waals surface area contributed by atoms with Crippen LogP contribution in [0.15, 0.2) is 23.4 Å². The van der Waals surface area contributed by atoms with Crippen LogP contribution in [0.1, 0.15) is 6.92 Å². The number of nitrogens with one attached hydrogen (secondary N) is 3. The number of rotatable bonds is 8. The molecule has 114 valence electrons. The maximum absolute atomic E-state index is 12.1. The minimum absolute atomic E-state index is 0.149. The molecule has 10 heteroatoms. The summed E-state index contributed by atoms with van der Waals surface area (Å²) in [4.78, 5) is 3.83. The molecule has 0 aliphatic rings. The van der Waals surface area contributed by atoms with E-state index in [2.05, 4.69) is 19.7 Å². The van der Waals surface area contributed by atoms with Gasteiger partial charge in [-0.05, 0) is 26.1 Å². The Kier molecular flexibility index (Phi) is 5.87. The molecule has 0 saturated heterocycles. The summed E-state index contributed by atoms with van der Waals surface area (Å²) in [5.41, 5.74) is 0.374. The van der Waals surface area contributed by atoms with Crippen LogP contribution in [-0.2, 0) is 20.0 Å². The molecule has 0 aliphatic heterocycles. The quantitative estimate of drug-likeness (QED) is 0.585. The molecule has 1 heterocycles. The Hall–Kier alpha value is -1.23. The number of aromatic nitrogens is 1. The van der Waals surface area contributed by atoms with Crippen molar-refractivity contribution >= 4 is 25.7 Å². The van der Waals surface area contributed by atoms with E-state index in [-0.39, 0.29) is 17.3 Å². The third-order valence-corrected chi connectivity index (χ3v) is 5.15. The molecule has 1 aromatic heterocycles. The van der Waals surface area contributed by atoms with Gasteiger partial charge in [0.15, 0.2) is 5.03 Å². The van der Waals surface area contributed by atoms with Gasteiger partial charge in [-0.25, -0.2) is 31.3 Å². The summed E-state index contributed by atoms with van der Waals surface area (Å²) in [7, 11) is -6.05. The third kappa shape index (κ3) is 4.71. The first kappa shape index (κ1) is 16.8.